The number of carbonyl (C=O) groups excluding carboxylic acids is 2. The number of likely N-dealkylation sites (tertiary alicyclic amines) is 1. The van der Waals surface area contributed by atoms with Gasteiger partial charge in [0.15, 0.2) is 0 Å². The summed E-state index contributed by atoms with van der Waals surface area (Å²) >= 11 is 0. The fraction of sp³-hybridized carbons (Fsp3) is 0.440. The van der Waals surface area contributed by atoms with Gasteiger partial charge in [-0.1, -0.05) is 12.1 Å². The molecule has 0 bridgehead atoms. The normalized spacial score (nSPS) is 16.7. The Bertz CT molecular complexity index is 941. The highest BCUT2D eigenvalue weighted by Gasteiger charge is 2.27. The second-order valence-electron chi connectivity index (χ2n) is 8.35. The first-order valence-electron chi connectivity index (χ1n) is 11.3. The molecular formula is C25H31N3O4. The molecule has 2 amide bonds. The maximum Gasteiger partial charge on any atom is 0.255 e. The van der Waals surface area contributed by atoms with Gasteiger partial charge in [-0.25, -0.2) is 0 Å². The molecule has 2 aliphatic heterocycles. The molecule has 0 spiro atoms. The second kappa shape index (κ2) is 9.94. The van der Waals surface area contributed by atoms with Crippen molar-refractivity contribution in [3.63, 3.8) is 0 Å². The lowest BCUT2D eigenvalue weighted by atomic mass is 10.0. The number of rotatable bonds is 6. The van der Waals surface area contributed by atoms with Crippen molar-refractivity contribution in [2.75, 3.05) is 45.3 Å². The summed E-state index contributed by atoms with van der Waals surface area (Å²) in [5.41, 5.74) is 2.29. The molecule has 0 aromatic heterocycles. The van der Waals surface area contributed by atoms with Gasteiger partial charge in [-0.15, -0.1) is 0 Å². The largest absolute Gasteiger partial charge is 0.497 e. The molecule has 4 rings (SSSR count). The van der Waals surface area contributed by atoms with E-state index in [1.165, 1.54) is 0 Å². The average molecular weight is 438 g/mol. The third kappa shape index (κ3) is 4.82. The van der Waals surface area contributed by atoms with Crippen LogP contribution in [0.5, 0.6) is 11.5 Å². The number of nitrogens with one attached hydrogen (secondary N) is 1. The van der Waals surface area contributed by atoms with Crippen LogP contribution in [0.4, 0.5) is 5.69 Å². The average Bonchev–Trinajstić information content (AvgIpc) is 3.39. The number of piperidine rings is 1. The van der Waals surface area contributed by atoms with E-state index in [1.807, 2.05) is 29.2 Å². The number of benzene rings is 2. The number of methoxy groups -OCH3 is 2. The Morgan fingerprint density at radius 2 is 1.53 bits per heavy atom. The van der Waals surface area contributed by atoms with E-state index in [4.69, 9.17) is 9.47 Å². The van der Waals surface area contributed by atoms with E-state index < -0.39 is 0 Å². The number of carbonyl (C=O) groups is 2. The molecule has 0 saturated carbocycles. The summed E-state index contributed by atoms with van der Waals surface area (Å²) in [4.78, 5) is 30.0. The van der Waals surface area contributed by atoms with Crippen LogP contribution < -0.4 is 19.7 Å². The van der Waals surface area contributed by atoms with Crippen molar-refractivity contribution in [3.05, 3.63) is 53.6 Å². The van der Waals surface area contributed by atoms with Crippen LogP contribution in [0.1, 0.15) is 46.4 Å². The van der Waals surface area contributed by atoms with Crippen LogP contribution in [0, 0.1) is 0 Å². The first kappa shape index (κ1) is 22.0. The number of hydrogen-bond donors (Lipinski definition) is 1. The molecule has 2 aliphatic rings. The van der Waals surface area contributed by atoms with Gasteiger partial charge in [0.2, 0.25) is 0 Å². The van der Waals surface area contributed by atoms with Crippen molar-refractivity contribution in [1.29, 1.82) is 0 Å². The molecule has 2 heterocycles. The summed E-state index contributed by atoms with van der Waals surface area (Å²) < 4.78 is 10.5. The standard InChI is InChI=1S/C25H31N3O4/c1-31-20-15-18(16-21(17-20)32-2)24(29)26-19-9-13-27(14-10-19)23-8-4-3-7-22(23)25(30)28-11-5-6-12-28/h3-4,7-8,15-17,19H,5-6,9-14H2,1-2H3,(H,26,29). The summed E-state index contributed by atoms with van der Waals surface area (Å²) in [6, 6.07) is 13.1. The lowest BCUT2D eigenvalue weighted by molar-refractivity contribution is 0.0793. The zero-order chi connectivity index (χ0) is 22.5. The highest BCUT2D eigenvalue weighted by Crippen LogP contribution is 2.27. The molecule has 0 atom stereocenters. The smallest absolute Gasteiger partial charge is 0.255 e. The number of hydrogen-bond acceptors (Lipinski definition) is 5. The molecule has 1 N–H and O–H groups in total. The van der Waals surface area contributed by atoms with Crippen LogP contribution >= 0.6 is 0 Å². The molecule has 7 heteroatoms. The van der Waals surface area contributed by atoms with Crippen molar-refractivity contribution < 1.29 is 19.1 Å². The fourth-order valence-electron chi connectivity index (χ4n) is 4.49. The van der Waals surface area contributed by atoms with Gasteiger partial charge in [0, 0.05) is 49.5 Å². The minimum atomic E-state index is -0.134. The highest BCUT2D eigenvalue weighted by molar-refractivity contribution is 6.00. The third-order valence-electron chi connectivity index (χ3n) is 6.31. The molecule has 0 radical (unpaired) electrons. The summed E-state index contributed by atoms with van der Waals surface area (Å²) in [6.45, 7) is 3.26. The summed E-state index contributed by atoms with van der Waals surface area (Å²) in [5, 5.41) is 3.14. The van der Waals surface area contributed by atoms with Crippen LogP contribution in [0.25, 0.3) is 0 Å². The number of ether oxygens (including phenoxy) is 2. The Balaban J connectivity index is 1.39. The van der Waals surface area contributed by atoms with E-state index in [-0.39, 0.29) is 17.9 Å². The van der Waals surface area contributed by atoms with Crippen LogP contribution in [-0.4, -0.2) is 63.2 Å². The van der Waals surface area contributed by atoms with Gasteiger partial charge in [-0.3, -0.25) is 9.59 Å². The minimum absolute atomic E-state index is 0.0809. The van der Waals surface area contributed by atoms with E-state index in [2.05, 4.69) is 10.2 Å². The zero-order valence-electron chi connectivity index (χ0n) is 18.8. The molecule has 2 aromatic carbocycles. The van der Waals surface area contributed by atoms with Crippen LogP contribution in [0.3, 0.4) is 0 Å². The van der Waals surface area contributed by atoms with Crippen molar-refractivity contribution >= 4 is 17.5 Å². The molecule has 170 valence electrons. The van der Waals surface area contributed by atoms with Gasteiger partial charge in [0.05, 0.1) is 19.8 Å². The predicted octanol–water partition coefficient (Wildman–Crippen LogP) is 3.34. The summed E-state index contributed by atoms with van der Waals surface area (Å²) in [6.07, 6.45) is 3.80. The van der Waals surface area contributed by atoms with Crippen LogP contribution in [-0.2, 0) is 0 Å². The number of para-hydroxylation sites is 1. The van der Waals surface area contributed by atoms with Crippen molar-refractivity contribution in [2.45, 2.75) is 31.7 Å². The SMILES string of the molecule is COc1cc(OC)cc(C(=O)NC2CCN(c3ccccc3C(=O)N3CCCC3)CC2)c1. The lowest BCUT2D eigenvalue weighted by Crippen LogP contribution is -2.45. The Morgan fingerprint density at radius 3 is 2.16 bits per heavy atom. The maximum absolute atomic E-state index is 13.0. The quantitative estimate of drug-likeness (QED) is 0.751. The van der Waals surface area contributed by atoms with Crippen molar-refractivity contribution in [2.24, 2.45) is 0 Å². The van der Waals surface area contributed by atoms with Gasteiger partial charge in [0.1, 0.15) is 11.5 Å². The first-order valence-corrected chi connectivity index (χ1v) is 11.3. The topological polar surface area (TPSA) is 71.1 Å². The third-order valence-corrected chi connectivity index (χ3v) is 6.31. The van der Waals surface area contributed by atoms with Gasteiger partial charge in [-0.2, -0.15) is 0 Å². The second-order valence-corrected chi connectivity index (χ2v) is 8.35. The van der Waals surface area contributed by atoms with Crippen molar-refractivity contribution in [3.8, 4) is 11.5 Å². The molecular weight excluding hydrogens is 406 g/mol. The Morgan fingerprint density at radius 1 is 0.906 bits per heavy atom. The van der Waals surface area contributed by atoms with E-state index in [0.29, 0.717) is 17.1 Å². The van der Waals surface area contributed by atoms with E-state index in [1.54, 1.807) is 32.4 Å². The van der Waals surface area contributed by atoms with Crippen molar-refractivity contribution in [1.82, 2.24) is 10.2 Å². The Kier molecular flexibility index (Phi) is 6.83. The Hall–Kier alpha value is -3.22. The molecule has 0 aliphatic carbocycles. The molecule has 32 heavy (non-hydrogen) atoms. The van der Waals surface area contributed by atoms with Crippen LogP contribution in [0.15, 0.2) is 42.5 Å². The molecule has 2 saturated heterocycles. The van der Waals surface area contributed by atoms with E-state index in [0.717, 1.165) is 63.1 Å². The van der Waals surface area contributed by atoms with E-state index in [9.17, 15) is 9.59 Å². The number of nitrogens with zero attached hydrogens (tertiary/aromatic N) is 2. The number of amides is 2. The van der Waals surface area contributed by atoms with Gasteiger partial charge in [0.25, 0.3) is 11.8 Å². The lowest BCUT2D eigenvalue weighted by Gasteiger charge is -2.35. The fourth-order valence-corrected chi connectivity index (χ4v) is 4.49. The maximum atomic E-state index is 13.0. The van der Waals surface area contributed by atoms with Gasteiger partial charge >= 0.3 is 0 Å². The zero-order valence-corrected chi connectivity index (χ0v) is 18.8. The molecule has 2 fully saturated rings. The van der Waals surface area contributed by atoms with E-state index >= 15 is 0 Å². The number of anilines is 1. The predicted molar refractivity (Wildman–Crippen MR) is 124 cm³/mol. The molecule has 7 nitrogen and oxygen atoms in total. The molecule has 0 unspecified atom stereocenters. The van der Waals surface area contributed by atoms with Gasteiger partial charge in [-0.05, 0) is 49.9 Å². The Labute approximate surface area is 189 Å². The summed E-state index contributed by atoms with van der Waals surface area (Å²) in [5.74, 6) is 1.16. The monoisotopic (exact) mass is 437 g/mol. The minimum Gasteiger partial charge on any atom is -0.497 e. The van der Waals surface area contributed by atoms with Crippen LogP contribution in [0.2, 0.25) is 0 Å². The van der Waals surface area contributed by atoms with Gasteiger partial charge < -0.3 is 24.6 Å². The summed E-state index contributed by atoms with van der Waals surface area (Å²) in [7, 11) is 3.14. The highest BCUT2D eigenvalue weighted by atomic mass is 16.5. The molecule has 2 aromatic rings. The first-order chi connectivity index (χ1) is 15.6.